The maximum Gasteiger partial charge on any atom is 0.188 e. The largest absolute Gasteiger partial charge is 0.495 e. The minimum atomic E-state index is -0.327. The van der Waals surface area contributed by atoms with E-state index in [-0.39, 0.29) is 23.1 Å². The third-order valence-corrected chi connectivity index (χ3v) is 7.86. The minimum absolute atomic E-state index is 0.0184. The molecule has 2 fully saturated rings. The van der Waals surface area contributed by atoms with Crippen molar-refractivity contribution in [2.45, 2.75) is 38.7 Å². The van der Waals surface area contributed by atoms with Crippen molar-refractivity contribution in [2.75, 3.05) is 13.2 Å². The summed E-state index contributed by atoms with van der Waals surface area (Å²) in [5.41, 5.74) is 7.49. The molecule has 1 atom stereocenters. The van der Waals surface area contributed by atoms with E-state index >= 15 is 0 Å². The van der Waals surface area contributed by atoms with Crippen LogP contribution in [0.1, 0.15) is 58.8 Å². The maximum atomic E-state index is 12.8. The summed E-state index contributed by atoms with van der Waals surface area (Å²) in [5, 5.41) is 0. The normalized spacial score (nSPS) is 19.6. The van der Waals surface area contributed by atoms with Gasteiger partial charge in [-0.25, -0.2) is 0 Å². The van der Waals surface area contributed by atoms with Crippen molar-refractivity contribution in [3.05, 3.63) is 126 Å². The zero-order valence-electron chi connectivity index (χ0n) is 22.5. The molecule has 1 saturated heterocycles. The summed E-state index contributed by atoms with van der Waals surface area (Å²) >= 11 is 0. The van der Waals surface area contributed by atoms with Gasteiger partial charge in [0, 0.05) is 18.1 Å². The van der Waals surface area contributed by atoms with Crippen LogP contribution in [0, 0.1) is 5.41 Å². The van der Waals surface area contributed by atoms with Crippen LogP contribution in [0.15, 0.2) is 97.8 Å². The van der Waals surface area contributed by atoms with Crippen LogP contribution in [-0.4, -0.2) is 30.9 Å². The lowest BCUT2D eigenvalue weighted by Crippen LogP contribution is -2.12. The van der Waals surface area contributed by atoms with Gasteiger partial charge in [0.25, 0.3) is 0 Å². The number of hydrogen-bond acceptors (Lipinski definition) is 4. The fraction of sp³-hybridized carbons (Fsp3) is 0.257. The average molecular weight is 519 g/mol. The number of carbonyl (C=O) groups excluding carboxylic acids is 2. The van der Waals surface area contributed by atoms with Gasteiger partial charge in [-0.3, -0.25) is 9.59 Å². The summed E-state index contributed by atoms with van der Waals surface area (Å²) in [5.74, 6) is 0.100. The smallest absolute Gasteiger partial charge is 0.188 e. The number of Topliss-reactive ketones (excluding diaryl/α,β-unsaturated/α-hetero) is 1. The first-order valence-electron chi connectivity index (χ1n) is 13.5. The number of carbonyl (C=O) groups is 2. The summed E-state index contributed by atoms with van der Waals surface area (Å²) in [4.78, 5) is 24.7. The third kappa shape index (κ3) is 6.02. The van der Waals surface area contributed by atoms with Gasteiger partial charge in [-0.2, -0.15) is 0 Å². The van der Waals surface area contributed by atoms with E-state index in [9.17, 15) is 9.59 Å². The summed E-state index contributed by atoms with van der Waals surface area (Å²) < 4.78 is 10.9. The van der Waals surface area contributed by atoms with Gasteiger partial charge in [0.1, 0.15) is 11.9 Å². The number of hydrogen-bond donors (Lipinski definition) is 0. The van der Waals surface area contributed by atoms with E-state index < -0.39 is 0 Å². The van der Waals surface area contributed by atoms with Crippen molar-refractivity contribution in [3.8, 4) is 0 Å². The second kappa shape index (κ2) is 11.4. The van der Waals surface area contributed by atoms with Crippen LogP contribution < -0.4 is 0 Å². The van der Waals surface area contributed by atoms with E-state index in [0.29, 0.717) is 18.8 Å². The number of rotatable bonds is 10. The first kappa shape index (κ1) is 26.6. The van der Waals surface area contributed by atoms with Gasteiger partial charge in [-0.05, 0) is 71.2 Å². The molecule has 4 nitrogen and oxygen atoms in total. The Bertz CT molecular complexity index is 1420. The Morgan fingerprint density at radius 1 is 1.10 bits per heavy atom. The highest BCUT2D eigenvalue weighted by atomic mass is 16.5. The molecule has 198 valence electrons. The zero-order chi connectivity index (χ0) is 27.4. The molecular weight excluding hydrogens is 484 g/mol. The summed E-state index contributed by atoms with van der Waals surface area (Å²) in [6.07, 6.45) is 16.5. The van der Waals surface area contributed by atoms with Crippen LogP contribution in [0.4, 0.5) is 0 Å². The van der Waals surface area contributed by atoms with Crippen LogP contribution in [0.3, 0.4) is 0 Å². The summed E-state index contributed by atoms with van der Waals surface area (Å²) in [7, 11) is 0. The maximum absolute atomic E-state index is 12.8. The van der Waals surface area contributed by atoms with Gasteiger partial charge in [-0.15, -0.1) is 0 Å². The standard InChI is InChI=1S/C35H34O4/c1-24-5-4-6-29(21-28-11-9-27(10-12-28)8-7-25(2)35(17-18-35)26(3)36)32-14-13-30(22-33(24)32)34(37)16-20-39-31-15-19-38-23-31/h4-14,16,20,22,31H,1-2,15,17-19,21,23H2,3H3/b8-7+,20-16+. The molecule has 0 spiro atoms. The third-order valence-electron chi connectivity index (χ3n) is 7.86. The molecular formula is C35H34O4. The van der Waals surface area contributed by atoms with Gasteiger partial charge < -0.3 is 9.47 Å². The van der Waals surface area contributed by atoms with Gasteiger partial charge in [0.2, 0.25) is 0 Å². The highest BCUT2D eigenvalue weighted by Gasteiger charge is 2.48. The molecule has 4 heteroatoms. The molecule has 2 aliphatic carbocycles. The van der Waals surface area contributed by atoms with E-state index in [1.54, 1.807) is 6.92 Å². The lowest BCUT2D eigenvalue weighted by atomic mass is 9.90. The Morgan fingerprint density at radius 2 is 1.90 bits per heavy atom. The second-order valence-corrected chi connectivity index (χ2v) is 10.5. The van der Waals surface area contributed by atoms with E-state index in [0.717, 1.165) is 59.1 Å². The highest BCUT2D eigenvalue weighted by molar-refractivity contribution is 6.05. The predicted octanol–water partition coefficient (Wildman–Crippen LogP) is 7.34. The number of benzene rings is 2. The monoisotopic (exact) mass is 518 g/mol. The molecule has 0 aromatic heterocycles. The lowest BCUT2D eigenvalue weighted by molar-refractivity contribution is -0.120. The van der Waals surface area contributed by atoms with Crippen LogP contribution in [0.25, 0.3) is 17.2 Å². The Hall–Kier alpha value is -4.02. The molecule has 2 aromatic carbocycles. The molecule has 3 aliphatic rings. The Labute approximate surface area is 230 Å². The summed E-state index contributed by atoms with van der Waals surface area (Å²) in [6, 6.07) is 14.2. The topological polar surface area (TPSA) is 52.6 Å². The molecule has 1 heterocycles. The molecule has 0 bridgehead atoms. The van der Waals surface area contributed by atoms with Crippen molar-refractivity contribution in [2.24, 2.45) is 5.41 Å². The SMILES string of the molecule is C=C1C=CC=C(Cc2ccc(/C=C/C(=C)C3(C(C)=O)CC3)cc2)c2ccc(C(=O)/C=C/OC3CCOC3)cc21. The van der Waals surface area contributed by atoms with E-state index in [2.05, 4.69) is 43.5 Å². The van der Waals surface area contributed by atoms with Crippen molar-refractivity contribution in [1.29, 1.82) is 0 Å². The van der Waals surface area contributed by atoms with E-state index in [1.165, 1.54) is 17.9 Å². The highest BCUT2D eigenvalue weighted by Crippen LogP contribution is 2.52. The number of allylic oxidation sites excluding steroid dienone is 8. The Balaban J connectivity index is 1.27. The average Bonchev–Trinajstić information content (AvgIpc) is 3.64. The first-order chi connectivity index (χ1) is 18.9. The Kier molecular flexibility index (Phi) is 7.76. The quantitative estimate of drug-likeness (QED) is 0.143. The van der Waals surface area contributed by atoms with E-state index in [1.807, 2.05) is 42.5 Å². The molecule has 1 saturated carbocycles. The molecule has 0 radical (unpaired) electrons. The van der Waals surface area contributed by atoms with Crippen LogP contribution in [0.5, 0.6) is 0 Å². The molecule has 0 N–H and O–H groups in total. The zero-order valence-corrected chi connectivity index (χ0v) is 22.5. The second-order valence-electron chi connectivity index (χ2n) is 10.5. The number of fused-ring (bicyclic) bond motifs is 1. The molecule has 2 aromatic rings. The van der Waals surface area contributed by atoms with Gasteiger partial charge in [-0.1, -0.05) is 79.9 Å². The minimum Gasteiger partial charge on any atom is -0.495 e. The van der Waals surface area contributed by atoms with Gasteiger partial charge in [0.15, 0.2) is 5.78 Å². The number of ketones is 2. The fourth-order valence-electron chi connectivity index (χ4n) is 5.13. The molecule has 5 rings (SSSR count). The van der Waals surface area contributed by atoms with Crippen molar-refractivity contribution in [1.82, 2.24) is 0 Å². The van der Waals surface area contributed by atoms with Gasteiger partial charge in [0.05, 0.1) is 24.9 Å². The molecule has 0 amide bonds. The Morgan fingerprint density at radius 3 is 2.59 bits per heavy atom. The predicted molar refractivity (Wildman–Crippen MR) is 157 cm³/mol. The van der Waals surface area contributed by atoms with Crippen LogP contribution in [0.2, 0.25) is 0 Å². The van der Waals surface area contributed by atoms with Gasteiger partial charge >= 0.3 is 0 Å². The molecule has 1 unspecified atom stereocenters. The van der Waals surface area contributed by atoms with E-state index in [4.69, 9.17) is 9.47 Å². The first-order valence-corrected chi connectivity index (χ1v) is 13.5. The molecule has 39 heavy (non-hydrogen) atoms. The van der Waals surface area contributed by atoms with Crippen molar-refractivity contribution >= 4 is 28.8 Å². The lowest BCUT2D eigenvalue weighted by Gasteiger charge is -2.14. The van der Waals surface area contributed by atoms with Crippen molar-refractivity contribution < 1.29 is 19.1 Å². The fourth-order valence-corrected chi connectivity index (χ4v) is 5.13. The van der Waals surface area contributed by atoms with Crippen LogP contribution >= 0.6 is 0 Å². The molecule has 1 aliphatic heterocycles. The summed E-state index contributed by atoms with van der Waals surface area (Å²) in [6.45, 7) is 11.3. The van der Waals surface area contributed by atoms with Crippen LogP contribution in [-0.2, 0) is 20.7 Å². The van der Waals surface area contributed by atoms with Crippen molar-refractivity contribution in [3.63, 3.8) is 0 Å². The number of ether oxygens (including phenoxy) is 2.